The molecule has 6 nitrogen and oxygen atoms in total. The molecule has 0 atom stereocenters. The fraction of sp³-hybridized carbons (Fsp3) is 0.200. The van der Waals surface area contributed by atoms with E-state index in [1.54, 1.807) is 20.2 Å². The van der Waals surface area contributed by atoms with Gasteiger partial charge in [0.1, 0.15) is 0 Å². The van der Waals surface area contributed by atoms with Gasteiger partial charge in [-0.05, 0) is 18.2 Å². The van der Waals surface area contributed by atoms with Crippen molar-refractivity contribution < 1.29 is 9.59 Å². The van der Waals surface area contributed by atoms with Gasteiger partial charge in [0, 0.05) is 24.8 Å². The minimum absolute atomic E-state index is 0.205. The molecule has 0 bridgehead atoms. The largest absolute Gasteiger partial charge is 0.398 e. The number of anilines is 1. The Morgan fingerprint density at radius 3 is 2.53 bits per heavy atom. The number of halogens is 1. The zero-order valence-electron chi connectivity index (χ0n) is 9.45. The highest BCUT2D eigenvalue weighted by Gasteiger charge is 2.11. The Hall–Kier alpha value is -1.95. The summed E-state index contributed by atoms with van der Waals surface area (Å²) in [5.74, 6) is -0.528. The predicted octanol–water partition coefficient (Wildman–Crippen LogP) is 0.838. The lowest BCUT2D eigenvalue weighted by Crippen LogP contribution is -2.46. The highest BCUT2D eigenvalue weighted by atomic mass is 35.5. The van der Waals surface area contributed by atoms with Gasteiger partial charge in [0.2, 0.25) is 0 Å². The first-order valence-electron chi connectivity index (χ1n) is 4.74. The molecule has 0 spiro atoms. The summed E-state index contributed by atoms with van der Waals surface area (Å²) in [6, 6.07) is 4.07. The molecule has 3 amide bonds. The Kier molecular flexibility index (Phi) is 4.17. The number of carbonyl (C=O) groups is 2. The summed E-state index contributed by atoms with van der Waals surface area (Å²) in [7, 11) is 3.10. The van der Waals surface area contributed by atoms with Crippen molar-refractivity contribution in [1.82, 2.24) is 15.8 Å². The van der Waals surface area contributed by atoms with E-state index >= 15 is 0 Å². The van der Waals surface area contributed by atoms with Gasteiger partial charge in [-0.2, -0.15) is 0 Å². The third kappa shape index (κ3) is 3.53. The fourth-order valence-corrected chi connectivity index (χ4v) is 1.19. The zero-order chi connectivity index (χ0) is 13.0. The number of hydrogen-bond donors (Lipinski definition) is 3. The molecule has 92 valence electrons. The minimum Gasteiger partial charge on any atom is -0.398 e. The average molecular weight is 257 g/mol. The van der Waals surface area contributed by atoms with E-state index in [1.807, 2.05) is 0 Å². The van der Waals surface area contributed by atoms with Gasteiger partial charge in [0.25, 0.3) is 5.91 Å². The average Bonchev–Trinajstić information content (AvgIpc) is 2.28. The zero-order valence-corrected chi connectivity index (χ0v) is 10.2. The number of amides is 3. The molecule has 0 fully saturated rings. The van der Waals surface area contributed by atoms with Gasteiger partial charge in [0.05, 0.1) is 5.56 Å². The molecule has 0 saturated carbocycles. The van der Waals surface area contributed by atoms with Crippen LogP contribution in [0.2, 0.25) is 5.02 Å². The smallest absolute Gasteiger partial charge is 0.335 e. The van der Waals surface area contributed by atoms with Crippen molar-refractivity contribution in [2.75, 3.05) is 19.8 Å². The van der Waals surface area contributed by atoms with Crippen molar-refractivity contribution in [3.05, 3.63) is 28.8 Å². The molecule has 0 saturated heterocycles. The maximum Gasteiger partial charge on any atom is 0.335 e. The topological polar surface area (TPSA) is 87.5 Å². The second-order valence-corrected chi connectivity index (χ2v) is 3.95. The first kappa shape index (κ1) is 13.1. The van der Waals surface area contributed by atoms with Crippen LogP contribution in [0.25, 0.3) is 0 Å². The lowest BCUT2D eigenvalue weighted by molar-refractivity contribution is 0.0933. The van der Waals surface area contributed by atoms with Crippen LogP contribution in [0.4, 0.5) is 10.5 Å². The molecule has 1 aromatic carbocycles. The fourth-order valence-electron chi connectivity index (χ4n) is 1.01. The van der Waals surface area contributed by atoms with E-state index in [4.69, 9.17) is 17.3 Å². The molecule has 0 aliphatic carbocycles. The van der Waals surface area contributed by atoms with E-state index in [-0.39, 0.29) is 11.3 Å². The molecule has 0 heterocycles. The summed E-state index contributed by atoms with van der Waals surface area (Å²) in [6.07, 6.45) is 0. The number of hydrazine groups is 1. The molecule has 0 radical (unpaired) electrons. The molecular formula is C10H13ClN4O2. The van der Waals surface area contributed by atoms with Crippen molar-refractivity contribution in [1.29, 1.82) is 0 Å². The van der Waals surface area contributed by atoms with Crippen molar-refractivity contribution in [2.45, 2.75) is 0 Å². The van der Waals surface area contributed by atoms with E-state index in [0.29, 0.717) is 5.02 Å². The molecule has 0 unspecified atom stereocenters. The lowest BCUT2D eigenvalue weighted by Gasteiger charge is -2.13. The highest BCUT2D eigenvalue weighted by molar-refractivity contribution is 6.31. The third-order valence-electron chi connectivity index (χ3n) is 1.95. The van der Waals surface area contributed by atoms with Crippen LogP contribution < -0.4 is 16.6 Å². The Balaban J connectivity index is 2.70. The van der Waals surface area contributed by atoms with Gasteiger partial charge in [-0.15, -0.1) is 0 Å². The van der Waals surface area contributed by atoms with Crippen LogP contribution >= 0.6 is 11.6 Å². The molecule has 0 aliphatic rings. The molecule has 0 aliphatic heterocycles. The van der Waals surface area contributed by atoms with Crippen LogP contribution in [0.1, 0.15) is 10.4 Å². The van der Waals surface area contributed by atoms with Crippen molar-refractivity contribution >= 4 is 29.2 Å². The van der Waals surface area contributed by atoms with Crippen LogP contribution in [0.3, 0.4) is 0 Å². The van der Waals surface area contributed by atoms with Gasteiger partial charge in [-0.3, -0.25) is 10.2 Å². The number of urea groups is 1. The maximum atomic E-state index is 11.7. The van der Waals surface area contributed by atoms with E-state index in [2.05, 4.69) is 10.9 Å². The second-order valence-electron chi connectivity index (χ2n) is 3.51. The van der Waals surface area contributed by atoms with Gasteiger partial charge in [-0.1, -0.05) is 11.6 Å². The number of nitrogens with two attached hydrogens (primary N) is 1. The Bertz CT molecular complexity index is 448. The van der Waals surface area contributed by atoms with Crippen LogP contribution in [0, 0.1) is 0 Å². The SMILES string of the molecule is CN(C)C(=O)NNC(=O)c1cc(Cl)ccc1N. The Labute approximate surface area is 104 Å². The number of nitrogen functional groups attached to an aromatic ring is 1. The molecular weight excluding hydrogens is 244 g/mol. The normalized spacial score (nSPS) is 9.59. The van der Waals surface area contributed by atoms with E-state index in [1.165, 1.54) is 17.0 Å². The number of benzene rings is 1. The molecule has 4 N–H and O–H groups in total. The van der Waals surface area contributed by atoms with Crippen LogP contribution in [0.15, 0.2) is 18.2 Å². The van der Waals surface area contributed by atoms with Crippen molar-refractivity contribution in [2.24, 2.45) is 0 Å². The summed E-state index contributed by atoms with van der Waals surface area (Å²) >= 11 is 5.74. The minimum atomic E-state index is -0.528. The summed E-state index contributed by atoms with van der Waals surface area (Å²) in [4.78, 5) is 24.1. The number of nitrogens with one attached hydrogen (secondary N) is 2. The van der Waals surface area contributed by atoms with Gasteiger partial charge in [-0.25, -0.2) is 10.2 Å². The van der Waals surface area contributed by atoms with E-state index in [0.717, 1.165) is 0 Å². The van der Waals surface area contributed by atoms with Crippen LogP contribution in [0.5, 0.6) is 0 Å². The van der Waals surface area contributed by atoms with Gasteiger partial charge < -0.3 is 10.6 Å². The number of carbonyl (C=O) groups excluding carboxylic acids is 2. The maximum absolute atomic E-state index is 11.7. The number of nitrogens with zero attached hydrogens (tertiary/aromatic N) is 1. The first-order chi connectivity index (χ1) is 7.91. The molecule has 17 heavy (non-hydrogen) atoms. The molecule has 1 rings (SSSR count). The number of hydrogen-bond acceptors (Lipinski definition) is 3. The first-order valence-corrected chi connectivity index (χ1v) is 5.12. The highest BCUT2D eigenvalue weighted by Crippen LogP contribution is 2.17. The van der Waals surface area contributed by atoms with Gasteiger partial charge in [0.15, 0.2) is 0 Å². The predicted molar refractivity (Wildman–Crippen MR) is 65.5 cm³/mol. The van der Waals surface area contributed by atoms with Crippen molar-refractivity contribution in [3.8, 4) is 0 Å². The summed E-state index contributed by atoms with van der Waals surface area (Å²) < 4.78 is 0. The summed E-state index contributed by atoms with van der Waals surface area (Å²) in [5, 5.41) is 0.392. The quantitative estimate of drug-likeness (QED) is 0.514. The van der Waals surface area contributed by atoms with Crippen LogP contribution in [-0.4, -0.2) is 30.9 Å². The molecule has 7 heteroatoms. The Morgan fingerprint density at radius 2 is 1.94 bits per heavy atom. The van der Waals surface area contributed by atoms with E-state index in [9.17, 15) is 9.59 Å². The summed E-state index contributed by atoms with van der Waals surface area (Å²) in [6.45, 7) is 0. The second kappa shape index (κ2) is 5.40. The van der Waals surface area contributed by atoms with Gasteiger partial charge >= 0.3 is 6.03 Å². The summed E-state index contributed by atoms with van der Waals surface area (Å²) in [5.41, 5.74) is 10.5. The third-order valence-corrected chi connectivity index (χ3v) is 2.18. The lowest BCUT2D eigenvalue weighted by atomic mass is 10.2. The standard InChI is InChI=1S/C10H13ClN4O2/c1-15(2)10(17)14-13-9(16)7-5-6(11)3-4-8(7)12/h3-5H,12H2,1-2H3,(H,13,16)(H,14,17). The van der Waals surface area contributed by atoms with Crippen LogP contribution in [-0.2, 0) is 0 Å². The molecule has 0 aromatic heterocycles. The molecule has 1 aromatic rings. The van der Waals surface area contributed by atoms with E-state index < -0.39 is 11.9 Å². The Morgan fingerprint density at radius 1 is 1.29 bits per heavy atom. The number of rotatable bonds is 1. The monoisotopic (exact) mass is 256 g/mol. The van der Waals surface area contributed by atoms with Crippen molar-refractivity contribution in [3.63, 3.8) is 0 Å².